The van der Waals surface area contributed by atoms with Crippen molar-refractivity contribution < 1.29 is 9.53 Å². The Morgan fingerprint density at radius 3 is 2.76 bits per heavy atom. The predicted octanol–water partition coefficient (Wildman–Crippen LogP) is 1.54. The van der Waals surface area contributed by atoms with Gasteiger partial charge in [-0.15, -0.1) is 0 Å². The topological polar surface area (TPSA) is 55.6 Å². The van der Waals surface area contributed by atoms with E-state index in [2.05, 4.69) is 0 Å². The molecule has 2 N–H and O–H groups in total. The second kappa shape index (κ2) is 5.19. The zero-order chi connectivity index (χ0) is 12.3. The Labute approximate surface area is 101 Å². The SMILES string of the molecule is CCOc1ccc(N2CC(N)CCC2=O)cc1. The zero-order valence-corrected chi connectivity index (χ0v) is 10.1. The molecule has 17 heavy (non-hydrogen) atoms. The van der Waals surface area contributed by atoms with Gasteiger partial charge in [-0.2, -0.15) is 0 Å². The Morgan fingerprint density at radius 1 is 1.41 bits per heavy atom. The van der Waals surface area contributed by atoms with E-state index < -0.39 is 0 Å². The molecule has 0 bridgehead atoms. The maximum atomic E-state index is 11.8. The van der Waals surface area contributed by atoms with E-state index in [9.17, 15) is 4.79 Å². The number of anilines is 1. The summed E-state index contributed by atoms with van der Waals surface area (Å²) in [5.41, 5.74) is 6.78. The maximum absolute atomic E-state index is 11.8. The molecule has 1 aliphatic rings. The fraction of sp³-hybridized carbons (Fsp3) is 0.462. The molecule has 1 aliphatic heterocycles. The fourth-order valence-electron chi connectivity index (χ4n) is 2.01. The van der Waals surface area contributed by atoms with Crippen LogP contribution in [0.2, 0.25) is 0 Å². The Morgan fingerprint density at radius 2 is 2.12 bits per heavy atom. The first-order valence-corrected chi connectivity index (χ1v) is 5.99. The zero-order valence-electron chi connectivity index (χ0n) is 10.1. The number of ether oxygens (including phenoxy) is 1. The summed E-state index contributed by atoms with van der Waals surface area (Å²) in [6, 6.07) is 7.65. The molecule has 1 unspecified atom stereocenters. The van der Waals surface area contributed by atoms with Crippen molar-refractivity contribution in [2.45, 2.75) is 25.8 Å². The first-order valence-electron chi connectivity index (χ1n) is 5.99. The van der Waals surface area contributed by atoms with Crippen molar-refractivity contribution in [3.63, 3.8) is 0 Å². The van der Waals surface area contributed by atoms with Crippen molar-refractivity contribution >= 4 is 11.6 Å². The highest BCUT2D eigenvalue weighted by molar-refractivity contribution is 5.94. The normalized spacial score (nSPS) is 20.5. The number of piperidine rings is 1. The van der Waals surface area contributed by atoms with Crippen LogP contribution in [-0.2, 0) is 4.79 Å². The third kappa shape index (κ3) is 2.77. The number of nitrogens with zero attached hydrogens (tertiary/aromatic N) is 1. The van der Waals surface area contributed by atoms with Crippen LogP contribution in [0.15, 0.2) is 24.3 Å². The van der Waals surface area contributed by atoms with Gasteiger partial charge in [-0.3, -0.25) is 4.79 Å². The second-order valence-electron chi connectivity index (χ2n) is 4.23. The molecule has 0 aromatic heterocycles. The Balaban J connectivity index is 2.12. The predicted molar refractivity (Wildman–Crippen MR) is 67.2 cm³/mol. The number of hydrogen-bond donors (Lipinski definition) is 1. The van der Waals surface area contributed by atoms with E-state index in [-0.39, 0.29) is 11.9 Å². The minimum atomic E-state index is 0.0827. The number of hydrogen-bond acceptors (Lipinski definition) is 3. The van der Waals surface area contributed by atoms with Crippen molar-refractivity contribution in [1.82, 2.24) is 0 Å². The van der Waals surface area contributed by atoms with Gasteiger partial charge < -0.3 is 15.4 Å². The molecule has 2 rings (SSSR count). The first-order chi connectivity index (χ1) is 8.20. The third-order valence-corrected chi connectivity index (χ3v) is 2.91. The number of nitrogens with two attached hydrogens (primary N) is 1. The number of carbonyl (C=O) groups excluding carboxylic acids is 1. The van der Waals surface area contributed by atoms with Gasteiger partial charge in [-0.1, -0.05) is 0 Å². The number of amides is 1. The van der Waals surface area contributed by atoms with E-state index in [0.29, 0.717) is 19.6 Å². The molecule has 1 aromatic carbocycles. The quantitative estimate of drug-likeness (QED) is 0.863. The molecule has 0 aliphatic carbocycles. The molecule has 0 saturated carbocycles. The van der Waals surface area contributed by atoms with Crippen molar-refractivity contribution in [1.29, 1.82) is 0 Å². The van der Waals surface area contributed by atoms with E-state index in [1.54, 1.807) is 4.90 Å². The van der Waals surface area contributed by atoms with E-state index >= 15 is 0 Å². The van der Waals surface area contributed by atoms with Gasteiger partial charge in [0.25, 0.3) is 0 Å². The Kier molecular flexibility index (Phi) is 3.64. The smallest absolute Gasteiger partial charge is 0.227 e. The maximum Gasteiger partial charge on any atom is 0.227 e. The van der Waals surface area contributed by atoms with Gasteiger partial charge in [-0.25, -0.2) is 0 Å². The van der Waals surface area contributed by atoms with Gasteiger partial charge in [0.1, 0.15) is 5.75 Å². The van der Waals surface area contributed by atoms with Crippen molar-refractivity contribution in [3.05, 3.63) is 24.3 Å². The standard InChI is InChI=1S/C13H18N2O2/c1-2-17-12-6-4-11(5-7-12)15-9-10(14)3-8-13(15)16/h4-7,10H,2-3,8-9,14H2,1H3. The molecule has 1 aromatic rings. The summed E-state index contributed by atoms with van der Waals surface area (Å²) in [5.74, 6) is 0.973. The lowest BCUT2D eigenvalue weighted by Crippen LogP contribution is -2.46. The average molecular weight is 234 g/mol. The molecular formula is C13H18N2O2. The molecule has 4 heteroatoms. The van der Waals surface area contributed by atoms with Crippen molar-refractivity contribution in [2.24, 2.45) is 5.73 Å². The highest BCUT2D eigenvalue weighted by Gasteiger charge is 2.24. The number of rotatable bonds is 3. The van der Waals surface area contributed by atoms with Crippen LogP contribution in [0.4, 0.5) is 5.69 Å². The molecule has 0 spiro atoms. The second-order valence-corrected chi connectivity index (χ2v) is 4.23. The molecular weight excluding hydrogens is 216 g/mol. The largest absolute Gasteiger partial charge is 0.494 e. The summed E-state index contributed by atoms with van der Waals surface area (Å²) in [4.78, 5) is 13.5. The summed E-state index contributed by atoms with van der Waals surface area (Å²) in [6.45, 7) is 3.20. The number of carbonyl (C=O) groups is 1. The summed E-state index contributed by atoms with van der Waals surface area (Å²) in [5, 5.41) is 0. The van der Waals surface area contributed by atoms with Gasteiger partial charge in [0.05, 0.1) is 6.61 Å². The molecule has 1 saturated heterocycles. The monoisotopic (exact) mass is 234 g/mol. The van der Waals surface area contributed by atoms with Crippen LogP contribution in [0.25, 0.3) is 0 Å². The molecule has 92 valence electrons. The van der Waals surface area contributed by atoms with Gasteiger partial charge >= 0.3 is 0 Å². The molecule has 0 radical (unpaired) electrons. The van der Waals surface area contributed by atoms with Gasteiger partial charge in [0, 0.05) is 24.7 Å². The minimum absolute atomic E-state index is 0.0827. The average Bonchev–Trinajstić information content (AvgIpc) is 2.34. The van der Waals surface area contributed by atoms with Crippen molar-refractivity contribution in [3.8, 4) is 5.75 Å². The lowest BCUT2D eigenvalue weighted by atomic mass is 10.1. The fourth-order valence-corrected chi connectivity index (χ4v) is 2.01. The molecule has 1 fully saturated rings. The molecule has 4 nitrogen and oxygen atoms in total. The lowest BCUT2D eigenvalue weighted by molar-refractivity contribution is -0.119. The molecule has 1 heterocycles. The third-order valence-electron chi connectivity index (χ3n) is 2.91. The van der Waals surface area contributed by atoms with Crippen LogP contribution in [-0.4, -0.2) is 25.1 Å². The number of benzene rings is 1. The van der Waals surface area contributed by atoms with Gasteiger partial charge in [0.2, 0.25) is 5.91 Å². The van der Waals surface area contributed by atoms with Crippen molar-refractivity contribution in [2.75, 3.05) is 18.1 Å². The van der Waals surface area contributed by atoms with Gasteiger partial charge in [-0.05, 0) is 37.6 Å². The van der Waals surface area contributed by atoms with Crippen LogP contribution in [0.5, 0.6) is 5.75 Å². The van der Waals surface area contributed by atoms with Crippen LogP contribution in [0.1, 0.15) is 19.8 Å². The Bertz CT molecular complexity index is 389. The van der Waals surface area contributed by atoms with Crippen LogP contribution >= 0.6 is 0 Å². The summed E-state index contributed by atoms with van der Waals surface area (Å²) < 4.78 is 5.37. The van der Waals surface area contributed by atoms with Crippen LogP contribution in [0, 0.1) is 0 Å². The summed E-state index contributed by atoms with van der Waals surface area (Å²) >= 11 is 0. The van der Waals surface area contributed by atoms with Crippen LogP contribution in [0.3, 0.4) is 0 Å². The first kappa shape index (κ1) is 11.9. The highest BCUT2D eigenvalue weighted by Crippen LogP contribution is 2.23. The minimum Gasteiger partial charge on any atom is -0.494 e. The lowest BCUT2D eigenvalue weighted by Gasteiger charge is -2.30. The van der Waals surface area contributed by atoms with E-state index in [1.165, 1.54) is 0 Å². The van der Waals surface area contributed by atoms with Gasteiger partial charge in [0.15, 0.2) is 0 Å². The van der Waals surface area contributed by atoms with E-state index in [4.69, 9.17) is 10.5 Å². The molecule has 1 atom stereocenters. The molecule has 1 amide bonds. The summed E-state index contributed by atoms with van der Waals surface area (Å²) in [7, 11) is 0. The summed E-state index contributed by atoms with van der Waals surface area (Å²) in [6.07, 6.45) is 1.32. The van der Waals surface area contributed by atoms with E-state index in [1.807, 2.05) is 31.2 Å². The van der Waals surface area contributed by atoms with E-state index in [0.717, 1.165) is 17.9 Å². The van der Waals surface area contributed by atoms with Crippen LogP contribution < -0.4 is 15.4 Å². The Hall–Kier alpha value is -1.55. The highest BCUT2D eigenvalue weighted by atomic mass is 16.5.